The summed E-state index contributed by atoms with van der Waals surface area (Å²) >= 11 is 0. The number of benzene rings is 3. The lowest BCUT2D eigenvalue weighted by molar-refractivity contribution is -0.112. The minimum Gasteiger partial charge on any atom is -0.321 e. The number of carbonyl (C=O) groups excluding carboxylic acids is 1. The van der Waals surface area contributed by atoms with Crippen molar-refractivity contribution in [3.63, 3.8) is 0 Å². The third-order valence-electron chi connectivity index (χ3n) is 5.19. The highest BCUT2D eigenvalue weighted by Crippen LogP contribution is 2.26. The number of anilines is 1. The summed E-state index contributed by atoms with van der Waals surface area (Å²) in [5.41, 5.74) is 4.16. The van der Waals surface area contributed by atoms with E-state index in [1.165, 1.54) is 30.3 Å². The van der Waals surface area contributed by atoms with Crippen LogP contribution in [0.4, 0.5) is 5.69 Å². The van der Waals surface area contributed by atoms with Gasteiger partial charge in [0.15, 0.2) is 0 Å². The molecule has 0 aliphatic rings. The lowest BCUT2D eigenvalue weighted by Crippen LogP contribution is -2.14. The van der Waals surface area contributed by atoms with Crippen molar-refractivity contribution in [3.8, 4) is 23.0 Å². The SMILES string of the molecule is Cc1ccc(-c2nn(-c3ccccc3)cc2/C=C(\C#N)C(=O)Nc2ccc(S(N)(=O)=O)cc2)cc1. The molecule has 0 saturated heterocycles. The molecule has 1 amide bonds. The number of nitrogens with zero attached hydrogens (tertiary/aromatic N) is 3. The van der Waals surface area contributed by atoms with E-state index in [0.717, 1.165) is 16.8 Å². The summed E-state index contributed by atoms with van der Waals surface area (Å²) in [5.74, 6) is -0.641. The molecule has 0 fully saturated rings. The number of nitrogens with one attached hydrogen (secondary N) is 1. The highest BCUT2D eigenvalue weighted by molar-refractivity contribution is 7.89. The van der Waals surface area contributed by atoms with Gasteiger partial charge in [-0.3, -0.25) is 4.79 Å². The van der Waals surface area contributed by atoms with Crippen molar-refractivity contribution >= 4 is 27.7 Å². The number of primary sulfonamides is 1. The number of aryl methyl sites for hydroxylation is 1. The summed E-state index contributed by atoms with van der Waals surface area (Å²) in [7, 11) is -3.85. The van der Waals surface area contributed by atoms with Crippen molar-refractivity contribution in [3.05, 3.63) is 102 Å². The van der Waals surface area contributed by atoms with Crippen LogP contribution >= 0.6 is 0 Å². The van der Waals surface area contributed by atoms with Gasteiger partial charge < -0.3 is 5.32 Å². The number of aromatic nitrogens is 2. The number of nitriles is 1. The third kappa shape index (κ3) is 5.52. The number of para-hydroxylation sites is 1. The van der Waals surface area contributed by atoms with Crippen molar-refractivity contribution in [2.75, 3.05) is 5.32 Å². The topological polar surface area (TPSA) is 131 Å². The van der Waals surface area contributed by atoms with Gasteiger partial charge in [-0.2, -0.15) is 10.4 Å². The van der Waals surface area contributed by atoms with Crippen LogP contribution in [-0.2, 0) is 14.8 Å². The number of carbonyl (C=O) groups is 1. The van der Waals surface area contributed by atoms with Gasteiger partial charge in [0.1, 0.15) is 11.6 Å². The fourth-order valence-electron chi connectivity index (χ4n) is 3.37. The molecule has 0 aliphatic heterocycles. The zero-order valence-electron chi connectivity index (χ0n) is 18.7. The molecule has 0 aliphatic carbocycles. The van der Waals surface area contributed by atoms with Crippen molar-refractivity contribution in [2.24, 2.45) is 5.14 Å². The number of rotatable bonds is 6. The Labute approximate surface area is 203 Å². The summed E-state index contributed by atoms with van der Waals surface area (Å²) in [5, 5.41) is 22.1. The zero-order valence-corrected chi connectivity index (χ0v) is 19.5. The van der Waals surface area contributed by atoms with Crippen LogP contribution in [0.1, 0.15) is 11.1 Å². The molecule has 3 aromatic carbocycles. The predicted molar refractivity (Wildman–Crippen MR) is 134 cm³/mol. The maximum absolute atomic E-state index is 12.8. The standard InChI is InChI=1S/C26H21N5O3S/c1-18-7-9-19(10-8-18)25-21(17-31(30-25)23-5-3-2-4-6-23)15-20(16-27)26(32)29-22-11-13-24(14-12-22)35(28,33)34/h2-15,17H,1H3,(H,29,32)(H2,28,33,34)/b20-15+. The Morgan fingerprint density at radius 1 is 1.03 bits per heavy atom. The van der Waals surface area contributed by atoms with Gasteiger partial charge in [-0.1, -0.05) is 48.0 Å². The van der Waals surface area contributed by atoms with Crippen molar-refractivity contribution in [1.82, 2.24) is 9.78 Å². The second-order valence-corrected chi connectivity index (χ2v) is 9.33. The van der Waals surface area contributed by atoms with Gasteiger partial charge in [-0.25, -0.2) is 18.2 Å². The molecule has 0 atom stereocenters. The Balaban J connectivity index is 1.70. The summed E-state index contributed by atoms with van der Waals surface area (Å²) in [6.45, 7) is 1.99. The number of amides is 1. The monoisotopic (exact) mass is 483 g/mol. The van der Waals surface area contributed by atoms with E-state index in [4.69, 9.17) is 10.2 Å². The molecule has 1 aromatic heterocycles. The summed E-state index contributed by atoms with van der Waals surface area (Å²) in [6, 6.07) is 24.6. The lowest BCUT2D eigenvalue weighted by Gasteiger charge is -2.05. The molecular weight excluding hydrogens is 462 g/mol. The van der Waals surface area contributed by atoms with Gasteiger partial charge in [0.2, 0.25) is 10.0 Å². The first-order valence-corrected chi connectivity index (χ1v) is 12.1. The molecule has 1 heterocycles. The minimum atomic E-state index is -3.85. The first kappa shape index (κ1) is 23.6. The van der Waals surface area contributed by atoms with Gasteiger partial charge in [0, 0.05) is 23.0 Å². The van der Waals surface area contributed by atoms with E-state index in [0.29, 0.717) is 16.9 Å². The van der Waals surface area contributed by atoms with Crippen molar-refractivity contribution in [1.29, 1.82) is 5.26 Å². The van der Waals surface area contributed by atoms with E-state index in [2.05, 4.69) is 5.32 Å². The van der Waals surface area contributed by atoms with Crippen LogP contribution < -0.4 is 10.5 Å². The molecule has 0 bridgehead atoms. The van der Waals surface area contributed by atoms with Crippen LogP contribution in [0.25, 0.3) is 23.0 Å². The lowest BCUT2D eigenvalue weighted by atomic mass is 10.0. The highest BCUT2D eigenvalue weighted by Gasteiger charge is 2.16. The molecule has 0 saturated carbocycles. The average molecular weight is 484 g/mol. The molecule has 3 N–H and O–H groups in total. The van der Waals surface area contributed by atoms with Gasteiger partial charge >= 0.3 is 0 Å². The average Bonchev–Trinajstić information content (AvgIpc) is 3.27. The summed E-state index contributed by atoms with van der Waals surface area (Å²) < 4.78 is 24.5. The molecule has 174 valence electrons. The van der Waals surface area contributed by atoms with Gasteiger partial charge in [-0.05, 0) is 49.4 Å². The maximum Gasteiger partial charge on any atom is 0.266 e. The maximum atomic E-state index is 12.8. The third-order valence-corrected chi connectivity index (χ3v) is 6.12. The fraction of sp³-hybridized carbons (Fsp3) is 0.0385. The Morgan fingerprint density at radius 3 is 2.29 bits per heavy atom. The fourth-order valence-corrected chi connectivity index (χ4v) is 3.89. The van der Waals surface area contributed by atoms with E-state index in [1.54, 1.807) is 10.9 Å². The molecule has 9 heteroatoms. The molecule has 0 spiro atoms. The van der Waals surface area contributed by atoms with E-state index in [1.807, 2.05) is 67.6 Å². The molecule has 35 heavy (non-hydrogen) atoms. The smallest absolute Gasteiger partial charge is 0.266 e. The molecule has 4 rings (SSSR count). The summed E-state index contributed by atoms with van der Waals surface area (Å²) in [6.07, 6.45) is 3.24. The first-order chi connectivity index (χ1) is 16.7. The first-order valence-electron chi connectivity index (χ1n) is 10.5. The molecule has 0 unspecified atom stereocenters. The normalized spacial score (nSPS) is 11.6. The number of sulfonamides is 1. The largest absolute Gasteiger partial charge is 0.321 e. The van der Waals surface area contributed by atoms with Crippen LogP contribution in [0.15, 0.2) is 95.5 Å². The van der Waals surface area contributed by atoms with E-state index in [-0.39, 0.29) is 10.5 Å². The Kier molecular flexibility index (Phi) is 6.59. The second kappa shape index (κ2) is 9.77. The molecule has 0 radical (unpaired) electrons. The van der Waals surface area contributed by atoms with E-state index in [9.17, 15) is 18.5 Å². The minimum absolute atomic E-state index is 0.0809. The number of hydrogen-bond acceptors (Lipinski definition) is 5. The van der Waals surface area contributed by atoms with E-state index >= 15 is 0 Å². The van der Waals surface area contributed by atoms with Crippen LogP contribution in [-0.4, -0.2) is 24.1 Å². The molecule has 8 nitrogen and oxygen atoms in total. The van der Waals surface area contributed by atoms with Crippen LogP contribution in [0.3, 0.4) is 0 Å². The van der Waals surface area contributed by atoms with Crippen molar-refractivity contribution < 1.29 is 13.2 Å². The van der Waals surface area contributed by atoms with Crippen LogP contribution in [0, 0.1) is 18.3 Å². The predicted octanol–water partition coefficient (Wildman–Crippen LogP) is 4.04. The number of hydrogen-bond donors (Lipinski definition) is 2. The Bertz CT molecular complexity index is 1550. The Morgan fingerprint density at radius 2 is 1.69 bits per heavy atom. The molecular formula is C26H21N5O3S. The van der Waals surface area contributed by atoms with Gasteiger partial charge in [-0.15, -0.1) is 0 Å². The number of nitrogens with two attached hydrogens (primary N) is 1. The quantitative estimate of drug-likeness (QED) is 0.316. The zero-order chi connectivity index (χ0) is 25.0. The van der Waals surface area contributed by atoms with Gasteiger partial charge in [0.25, 0.3) is 5.91 Å². The van der Waals surface area contributed by atoms with Crippen LogP contribution in [0.2, 0.25) is 0 Å². The van der Waals surface area contributed by atoms with E-state index < -0.39 is 15.9 Å². The summed E-state index contributed by atoms with van der Waals surface area (Å²) in [4.78, 5) is 12.7. The van der Waals surface area contributed by atoms with Gasteiger partial charge in [0.05, 0.1) is 16.3 Å². The van der Waals surface area contributed by atoms with Crippen molar-refractivity contribution in [2.45, 2.75) is 11.8 Å². The van der Waals surface area contributed by atoms with Crippen LogP contribution in [0.5, 0.6) is 0 Å². The highest BCUT2D eigenvalue weighted by atomic mass is 32.2. The second-order valence-electron chi connectivity index (χ2n) is 7.77. The molecule has 4 aromatic rings. The Hall–Kier alpha value is -4.52.